The van der Waals surface area contributed by atoms with E-state index in [1.807, 2.05) is 43.3 Å². The van der Waals surface area contributed by atoms with Crippen LogP contribution in [0.3, 0.4) is 0 Å². The molecule has 0 amide bonds. The molecular formula is C13H12BrClN2. The fourth-order valence-corrected chi connectivity index (χ4v) is 2.28. The molecular weight excluding hydrogens is 300 g/mol. The molecule has 0 saturated heterocycles. The number of nitrogens with one attached hydrogen (secondary N) is 1. The second-order valence-electron chi connectivity index (χ2n) is 3.82. The third-order valence-electron chi connectivity index (χ3n) is 2.48. The molecule has 0 atom stereocenters. The molecule has 2 rings (SSSR count). The van der Waals surface area contributed by atoms with Crippen LogP contribution in [0.25, 0.3) is 0 Å². The minimum absolute atomic E-state index is 0.705. The van der Waals surface area contributed by atoms with Crippen LogP contribution in [0.5, 0.6) is 0 Å². The summed E-state index contributed by atoms with van der Waals surface area (Å²) in [6, 6.07) is 11.5. The molecule has 0 saturated carbocycles. The van der Waals surface area contributed by atoms with Gasteiger partial charge in [-0.3, -0.25) is 0 Å². The molecule has 4 heteroatoms. The SMILES string of the molecule is Cc1cc(Nc2ccc(Cl)cc2Br)ccc1N. The highest BCUT2D eigenvalue weighted by Gasteiger charge is 2.02. The zero-order valence-corrected chi connectivity index (χ0v) is 11.6. The van der Waals surface area contributed by atoms with Gasteiger partial charge in [0.05, 0.1) is 5.69 Å². The van der Waals surface area contributed by atoms with Gasteiger partial charge in [-0.15, -0.1) is 0 Å². The van der Waals surface area contributed by atoms with E-state index in [2.05, 4.69) is 21.2 Å². The minimum Gasteiger partial charge on any atom is -0.399 e. The summed E-state index contributed by atoms with van der Waals surface area (Å²) in [5.41, 5.74) is 9.60. The van der Waals surface area contributed by atoms with Gasteiger partial charge in [0.25, 0.3) is 0 Å². The van der Waals surface area contributed by atoms with Crippen molar-refractivity contribution in [3.63, 3.8) is 0 Å². The van der Waals surface area contributed by atoms with Gasteiger partial charge in [0, 0.05) is 20.9 Å². The number of hydrogen-bond donors (Lipinski definition) is 2. The lowest BCUT2D eigenvalue weighted by atomic mass is 10.2. The summed E-state index contributed by atoms with van der Waals surface area (Å²) < 4.78 is 0.930. The number of benzene rings is 2. The molecule has 2 aromatic rings. The average molecular weight is 312 g/mol. The Balaban J connectivity index is 2.28. The van der Waals surface area contributed by atoms with Crippen LogP contribution in [0, 0.1) is 6.92 Å². The monoisotopic (exact) mass is 310 g/mol. The Hall–Kier alpha value is -1.19. The molecule has 0 heterocycles. The van der Waals surface area contributed by atoms with E-state index in [4.69, 9.17) is 17.3 Å². The highest BCUT2D eigenvalue weighted by Crippen LogP contribution is 2.29. The van der Waals surface area contributed by atoms with Crippen molar-refractivity contribution in [3.8, 4) is 0 Å². The van der Waals surface area contributed by atoms with Crippen LogP contribution in [-0.4, -0.2) is 0 Å². The van der Waals surface area contributed by atoms with Crippen LogP contribution in [0.2, 0.25) is 5.02 Å². The summed E-state index contributed by atoms with van der Waals surface area (Å²) in [5, 5.41) is 4.01. The van der Waals surface area contributed by atoms with Crippen LogP contribution in [0.15, 0.2) is 40.9 Å². The van der Waals surface area contributed by atoms with Crippen molar-refractivity contribution in [1.82, 2.24) is 0 Å². The molecule has 0 aromatic heterocycles. The van der Waals surface area contributed by atoms with E-state index in [9.17, 15) is 0 Å². The maximum absolute atomic E-state index is 5.89. The summed E-state index contributed by atoms with van der Waals surface area (Å²) in [6.45, 7) is 1.98. The van der Waals surface area contributed by atoms with Crippen molar-refractivity contribution in [1.29, 1.82) is 0 Å². The molecule has 88 valence electrons. The lowest BCUT2D eigenvalue weighted by Gasteiger charge is -2.10. The van der Waals surface area contributed by atoms with Gasteiger partial charge in [-0.1, -0.05) is 11.6 Å². The van der Waals surface area contributed by atoms with Crippen molar-refractivity contribution >= 4 is 44.6 Å². The maximum atomic E-state index is 5.89. The first-order valence-electron chi connectivity index (χ1n) is 5.14. The number of hydrogen-bond acceptors (Lipinski definition) is 2. The predicted octanol–water partition coefficient (Wildman–Crippen LogP) is 4.74. The van der Waals surface area contributed by atoms with Gasteiger partial charge in [-0.05, 0) is 64.8 Å². The number of rotatable bonds is 2. The van der Waals surface area contributed by atoms with E-state index in [0.717, 1.165) is 27.1 Å². The molecule has 0 aliphatic carbocycles. The number of nitrogen functional groups attached to an aromatic ring is 1. The maximum Gasteiger partial charge on any atom is 0.0529 e. The van der Waals surface area contributed by atoms with Crippen LogP contribution < -0.4 is 11.1 Å². The molecule has 0 aliphatic rings. The second-order valence-corrected chi connectivity index (χ2v) is 5.11. The number of halogens is 2. The molecule has 3 N–H and O–H groups in total. The van der Waals surface area contributed by atoms with Crippen LogP contribution >= 0.6 is 27.5 Å². The van der Waals surface area contributed by atoms with Crippen LogP contribution in [0.1, 0.15) is 5.56 Å². The van der Waals surface area contributed by atoms with Crippen molar-refractivity contribution in [3.05, 3.63) is 51.5 Å². The Morgan fingerprint density at radius 3 is 2.59 bits per heavy atom. The summed E-state index contributed by atoms with van der Waals surface area (Å²) in [6.07, 6.45) is 0. The first kappa shape index (κ1) is 12.3. The highest BCUT2D eigenvalue weighted by atomic mass is 79.9. The van der Waals surface area contributed by atoms with E-state index in [1.54, 1.807) is 0 Å². The Morgan fingerprint density at radius 2 is 1.94 bits per heavy atom. The Labute approximate surface area is 114 Å². The Kier molecular flexibility index (Phi) is 3.60. The predicted molar refractivity (Wildman–Crippen MR) is 78.0 cm³/mol. The Morgan fingerprint density at radius 1 is 1.18 bits per heavy atom. The third kappa shape index (κ3) is 2.93. The van der Waals surface area contributed by atoms with Crippen LogP contribution in [-0.2, 0) is 0 Å². The van der Waals surface area contributed by atoms with Gasteiger partial charge in [-0.25, -0.2) is 0 Å². The van der Waals surface area contributed by atoms with E-state index >= 15 is 0 Å². The largest absolute Gasteiger partial charge is 0.399 e. The van der Waals surface area contributed by atoms with Gasteiger partial charge in [0.15, 0.2) is 0 Å². The number of anilines is 3. The minimum atomic E-state index is 0.705. The normalized spacial score (nSPS) is 10.3. The van der Waals surface area contributed by atoms with Gasteiger partial charge in [0.1, 0.15) is 0 Å². The zero-order valence-electron chi connectivity index (χ0n) is 9.30. The fraction of sp³-hybridized carbons (Fsp3) is 0.0769. The molecule has 2 nitrogen and oxygen atoms in total. The molecule has 0 spiro atoms. The molecule has 0 bridgehead atoms. The average Bonchev–Trinajstić information content (AvgIpc) is 2.27. The number of nitrogens with two attached hydrogens (primary N) is 1. The van der Waals surface area contributed by atoms with Gasteiger partial charge >= 0.3 is 0 Å². The molecule has 2 aromatic carbocycles. The van der Waals surface area contributed by atoms with Gasteiger partial charge in [-0.2, -0.15) is 0 Å². The summed E-state index contributed by atoms with van der Waals surface area (Å²) in [7, 11) is 0. The summed E-state index contributed by atoms with van der Waals surface area (Å²) in [5.74, 6) is 0. The van der Waals surface area contributed by atoms with Crippen molar-refractivity contribution < 1.29 is 0 Å². The van der Waals surface area contributed by atoms with E-state index in [1.165, 1.54) is 0 Å². The first-order chi connectivity index (χ1) is 8.06. The second kappa shape index (κ2) is 4.98. The molecule has 0 fully saturated rings. The summed E-state index contributed by atoms with van der Waals surface area (Å²) in [4.78, 5) is 0. The molecule has 0 aliphatic heterocycles. The zero-order chi connectivity index (χ0) is 12.4. The van der Waals surface area contributed by atoms with Crippen molar-refractivity contribution in [2.24, 2.45) is 0 Å². The Bertz CT molecular complexity index is 555. The lowest BCUT2D eigenvalue weighted by Crippen LogP contribution is -1.94. The molecule has 17 heavy (non-hydrogen) atoms. The van der Waals surface area contributed by atoms with Crippen molar-refractivity contribution in [2.45, 2.75) is 6.92 Å². The third-order valence-corrected chi connectivity index (χ3v) is 3.37. The topological polar surface area (TPSA) is 38.0 Å². The smallest absolute Gasteiger partial charge is 0.0529 e. The van der Waals surface area contributed by atoms with E-state index in [-0.39, 0.29) is 0 Å². The lowest BCUT2D eigenvalue weighted by molar-refractivity contribution is 1.44. The van der Waals surface area contributed by atoms with E-state index in [0.29, 0.717) is 5.02 Å². The quantitative estimate of drug-likeness (QED) is 0.786. The molecule has 0 unspecified atom stereocenters. The fourth-order valence-electron chi connectivity index (χ4n) is 1.50. The highest BCUT2D eigenvalue weighted by molar-refractivity contribution is 9.10. The van der Waals surface area contributed by atoms with Crippen molar-refractivity contribution in [2.75, 3.05) is 11.1 Å². The summed E-state index contributed by atoms with van der Waals surface area (Å²) >= 11 is 9.36. The standard InChI is InChI=1S/C13H12BrClN2/c1-8-6-10(3-4-12(8)16)17-13-5-2-9(15)7-11(13)14/h2-7,17H,16H2,1H3. The van der Waals surface area contributed by atoms with Crippen LogP contribution in [0.4, 0.5) is 17.1 Å². The molecule has 0 radical (unpaired) electrons. The number of aryl methyl sites for hydroxylation is 1. The van der Waals surface area contributed by atoms with E-state index < -0.39 is 0 Å². The first-order valence-corrected chi connectivity index (χ1v) is 6.31. The van der Waals surface area contributed by atoms with Gasteiger partial charge in [0.2, 0.25) is 0 Å². The van der Waals surface area contributed by atoms with Gasteiger partial charge < -0.3 is 11.1 Å².